The molecular formula is C15H21ClN4O. The van der Waals surface area contributed by atoms with Gasteiger partial charge in [0.2, 0.25) is 5.88 Å². The number of halogens is 1. The number of hydrogen-bond acceptors (Lipinski definition) is 4. The molecule has 0 atom stereocenters. The molecular weight excluding hydrogens is 288 g/mol. The molecule has 0 bridgehead atoms. The SMILES string of the molecule is COc1ncnc2c1nc(CCl)n2CC1(C)CCCCC1. The Morgan fingerprint density at radius 1 is 1.29 bits per heavy atom. The van der Waals surface area contributed by atoms with Gasteiger partial charge >= 0.3 is 0 Å². The van der Waals surface area contributed by atoms with Crippen molar-refractivity contribution in [2.24, 2.45) is 5.41 Å². The lowest BCUT2D eigenvalue weighted by Gasteiger charge is -2.34. The zero-order valence-electron chi connectivity index (χ0n) is 12.6. The van der Waals surface area contributed by atoms with E-state index in [9.17, 15) is 0 Å². The normalized spacial score (nSPS) is 18.0. The highest BCUT2D eigenvalue weighted by molar-refractivity contribution is 6.16. The van der Waals surface area contributed by atoms with Gasteiger partial charge in [-0.2, -0.15) is 4.98 Å². The van der Waals surface area contributed by atoms with Crippen molar-refractivity contribution in [3.05, 3.63) is 12.2 Å². The largest absolute Gasteiger partial charge is 0.479 e. The molecule has 0 aromatic carbocycles. The summed E-state index contributed by atoms with van der Waals surface area (Å²) >= 11 is 6.09. The molecule has 1 saturated carbocycles. The first-order valence-corrected chi connectivity index (χ1v) is 8.00. The molecule has 0 spiro atoms. The first kappa shape index (κ1) is 14.6. The fraction of sp³-hybridized carbons (Fsp3) is 0.667. The van der Waals surface area contributed by atoms with Gasteiger partial charge in [0, 0.05) is 6.54 Å². The van der Waals surface area contributed by atoms with Crippen molar-refractivity contribution in [1.29, 1.82) is 0 Å². The molecule has 1 aliphatic carbocycles. The van der Waals surface area contributed by atoms with E-state index < -0.39 is 0 Å². The van der Waals surface area contributed by atoms with Crippen LogP contribution in [0.15, 0.2) is 6.33 Å². The van der Waals surface area contributed by atoms with Crippen molar-refractivity contribution in [3.63, 3.8) is 0 Å². The van der Waals surface area contributed by atoms with E-state index in [1.807, 2.05) is 0 Å². The third-order valence-corrected chi connectivity index (χ3v) is 4.73. The monoisotopic (exact) mass is 308 g/mol. The van der Waals surface area contributed by atoms with Crippen LogP contribution in [-0.2, 0) is 12.4 Å². The van der Waals surface area contributed by atoms with Crippen molar-refractivity contribution in [2.75, 3.05) is 7.11 Å². The van der Waals surface area contributed by atoms with Gasteiger partial charge in [-0.25, -0.2) is 9.97 Å². The molecule has 6 heteroatoms. The third-order valence-electron chi connectivity index (χ3n) is 4.49. The minimum atomic E-state index is 0.297. The van der Waals surface area contributed by atoms with Crippen molar-refractivity contribution < 1.29 is 4.74 Å². The van der Waals surface area contributed by atoms with E-state index in [0.29, 0.717) is 22.7 Å². The lowest BCUT2D eigenvalue weighted by atomic mass is 9.75. The van der Waals surface area contributed by atoms with Crippen LogP contribution in [0.2, 0.25) is 0 Å². The maximum Gasteiger partial charge on any atom is 0.245 e. The van der Waals surface area contributed by atoms with Gasteiger partial charge in [-0.3, -0.25) is 0 Å². The number of nitrogens with zero attached hydrogens (tertiary/aromatic N) is 4. The number of methoxy groups -OCH3 is 1. The van der Waals surface area contributed by atoms with Gasteiger partial charge in [0.1, 0.15) is 12.2 Å². The second-order valence-corrected chi connectivity index (χ2v) is 6.44. The van der Waals surface area contributed by atoms with Crippen LogP contribution in [0.25, 0.3) is 11.2 Å². The molecule has 0 saturated heterocycles. The maximum atomic E-state index is 6.09. The molecule has 114 valence electrons. The number of aromatic nitrogens is 4. The Bertz CT molecular complexity index is 634. The molecule has 0 aliphatic heterocycles. The third kappa shape index (κ3) is 2.71. The number of imidazole rings is 1. The lowest BCUT2D eigenvalue weighted by Crippen LogP contribution is -2.27. The Hall–Kier alpha value is -1.36. The Morgan fingerprint density at radius 2 is 2.05 bits per heavy atom. The summed E-state index contributed by atoms with van der Waals surface area (Å²) in [5.74, 6) is 1.73. The molecule has 2 aromatic heterocycles. The molecule has 2 aromatic rings. The Kier molecular flexibility index (Phi) is 4.02. The molecule has 3 rings (SSSR count). The number of ether oxygens (including phenoxy) is 1. The van der Waals surface area contributed by atoms with Gasteiger partial charge in [-0.15, -0.1) is 11.6 Å². The zero-order valence-corrected chi connectivity index (χ0v) is 13.4. The van der Waals surface area contributed by atoms with Gasteiger partial charge in [0.15, 0.2) is 11.2 Å². The number of hydrogen-bond donors (Lipinski definition) is 0. The van der Waals surface area contributed by atoms with E-state index in [-0.39, 0.29) is 0 Å². The number of fused-ring (bicyclic) bond motifs is 1. The second-order valence-electron chi connectivity index (χ2n) is 6.17. The molecule has 0 amide bonds. The van der Waals surface area contributed by atoms with Gasteiger partial charge in [-0.1, -0.05) is 26.2 Å². The molecule has 0 unspecified atom stereocenters. The van der Waals surface area contributed by atoms with Gasteiger partial charge in [0.05, 0.1) is 13.0 Å². The standard InChI is InChI=1S/C15H21ClN4O/c1-15(6-4-3-5-7-15)9-20-11(8-16)19-12-13(20)17-10-18-14(12)21-2/h10H,3-9H2,1-2H3. The summed E-state index contributed by atoms with van der Waals surface area (Å²) in [6.45, 7) is 3.26. The van der Waals surface area contributed by atoms with E-state index in [1.165, 1.54) is 38.4 Å². The fourth-order valence-electron chi connectivity index (χ4n) is 3.32. The zero-order chi connectivity index (χ0) is 14.9. The van der Waals surface area contributed by atoms with Crippen molar-refractivity contribution in [2.45, 2.75) is 51.5 Å². The summed E-state index contributed by atoms with van der Waals surface area (Å²) in [6.07, 6.45) is 7.97. The molecule has 0 radical (unpaired) electrons. The van der Waals surface area contributed by atoms with Crippen LogP contribution in [0.3, 0.4) is 0 Å². The predicted molar refractivity (Wildman–Crippen MR) is 82.6 cm³/mol. The Balaban J connectivity index is 2.04. The molecule has 2 heterocycles. The Labute approximate surface area is 129 Å². The average molecular weight is 309 g/mol. The highest BCUT2D eigenvalue weighted by atomic mass is 35.5. The van der Waals surface area contributed by atoms with Crippen molar-refractivity contribution >= 4 is 22.8 Å². The molecule has 5 nitrogen and oxygen atoms in total. The minimum Gasteiger partial charge on any atom is -0.479 e. The van der Waals surface area contributed by atoms with E-state index in [0.717, 1.165) is 18.0 Å². The molecule has 1 fully saturated rings. The summed E-state index contributed by atoms with van der Waals surface area (Å²) in [5, 5.41) is 0. The molecule has 21 heavy (non-hydrogen) atoms. The van der Waals surface area contributed by atoms with Crippen LogP contribution < -0.4 is 4.74 Å². The second kappa shape index (κ2) is 5.79. The average Bonchev–Trinajstić information content (AvgIpc) is 2.85. The van der Waals surface area contributed by atoms with Crippen LogP contribution in [0.4, 0.5) is 0 Å². The van der Waals surface area contributed by atoms with Crippen LogP contribution in [0, 0.1) is 5.41 Å². The number of alkyl halides is 1. The fourth-order valence-corrected chi connectivity index (χ4v) is 3.53. The van der Waals surface area contributed by atoms with Crippen molar-refractivity contribution in [1.82, 2.24) is 19.5 Å². The van der Waals surface area contributed by atoms with E-state index in [1.54, 1.807) is 7.11 Å². The Morgan fingerprint density at radius 3 is 2.71 bits per heavy atom. The summed E-state index contributed by atoms with van der Waals surface area (Å²) in [7, 11) is 1.60. The van der Waals surface area contributed by atoms with Gasteiger partial charge < -0.3 is 9.30 Å². The summed E-state index contributed by atoms with van der Waals surface area (Å²) in [5.41, 5.74) is 1.82. The predicted octanol–water partition coefficient (Wildman–Crippen LogP) is 3.54. The van der Waals surface area contributed by atoms with Crippen LogP contribution in [-0.4, -0.2) is 26.6 Å². The minimum absolute atomic E-state index is 0.297. The smallest absolute Gasteiger partial charge is 0.245 e. The molecule has 1 aliphatic rings. The lowest BCUT2D eigenvalue weighted by molar-refractivity contribution is 0.183. The highest BCUT2D eigenvalue weighted by Crippen LogP contribution is 2.38. The quantitative estimate of drug-likeness (QED) is 0.811. The van der Waals surface area contributed by atoms with Gasteiger partial charge in [-0.05, 0) is 18.3 Å². The van der Waals surface area contributed by atoms with Crippen LogP contribution >= 0.6 is 11.6 Å². The van der Waals surface area contributed by atoms with Crippen LogP contribution in [0.5, 0.6) is 5.88 Å². The van der Waals surface area contributed by atoms with Gasteiger partial charge in [0.25, 0.3) is 0 Å². The number of rotatable bonds is 4. The summed E-state index contributed by atoms with van der Waals surface area (Å²) < 4.78 is 7.44. The maximum absolute atomic E-state index is 6.09. The first-order valence-electron chi connectivity index (χ1n) is 7.47. The van der Waals surface area contributed by atoms with E-state index in [4.69, 9.17) is 16.3 Å². The summed E-state index contributed by atoms with van der Waals surface area (Å²) in [4.78, 5) is 13.1. The highest BCUT2D eigenvalue weighted by Gasteiger charge is 2.29. The van der Waals surface area contributed by atoms with E-state index >= 15 is 0 Å². The molecule has 0 N–H and O–H groups in total. The topological polar surface area (TPSA) is 52.8 Å². The van der Waals surface area contributed by atoms with E-state index in [2.05, 4.69) is 26.4 Å². The van der Waals surface area contributed by atoms with Crippen LogP contribution in [0.1, 0.15) is 44.9 Å². The summed E-state index contributed by atoms with van der Waals surface area (Å²) in [6, 6.07) is 0. The first-order chi connectivity index (χ1) is 10.2. The van der Waals surface area contributed by atoms with Crippen molar-refractivity contribution in [3.8, 4) is 5.88 Å².